The van der Waals surface area contributed by atoms with Gasteiger partial charge in [-0.25, -0.2) is 4.98 Å². The highest BCUT2D eigenvalue weighted by atomic mass is 35.5. The average Bonchev–Trinajstić information content (AvgIpc) is 1.80. The highest BCUT2D eigenvalue weighted by Crippen LogP contribution is 2.18. The van der Waals surface area contributed by atoms with Gasteiger partial charge < -0.3 is 5.11 Å². The van der Waals surface area contributed by atoms with Crippen LogP contribution in [0.1, 0.15) is 5.69 Å². The molecule has 0 bridgehead atoms. The summed E-state index contributed by atoms with van der Waals surface area (Å²) in [5, 5.41) is 9.15. The van der Waals surface area contributed by atoms with Crippen LogP contribution in [0, 0.1) is 6.92 Å². The molecule has 9 heavy (non-hydrogen) atoms. The van der Waals surface area contributed by atoms with Gasteiger partial charge in [-0.05, 0) is 19.1 Å². The molecule has 2 nitrogen and oxygen atoms in total. The third-order valence-corrected chi connectivity index (χ3v) is 1.26. The van der Waals surface area contributed by atoms with E-state index in [4.69, 9.17) is 16.7 Å². The number of halogens is 1. The van der Waals surface area contributed by atoms with Crippen LogP contribution in [0.2, 0.25) is 5.02 Å². The Morgan fingerprint density at radius 2 is 2.22 bits per heavy atom. The Morgan fingerprint density at radius 3 is 2.67 bits per heavy atom. The number of hydrogen-bond donors (Lipinski definition) is 1. The molecule has 48 valence electrons. The first-order valence-corrected chi connectivity index (χ1v) is 2.90. The van der Waals surface area contributed by atoms with Gasteiger partial charge in [-0.2, -0.15) is 0 Å². The molecule has 1 heterocycles. The van der Waals surface area contributed by atoms with Crippen LogP contribution in [0.5, 0.6) is 5.88 Å². The smallest absolute Gasteiger partial charge is 0.230 e. The molecule has 1 aromatic rings. The zero-order valence-corrected chi connectivity index (χ0v) is 5.68. The molecule has 3 heteroatoms. The Bertz CT molecular complexity index is 224. The van der Waals surface area contributed by atoms with Crippen molar-refractivity contribution in [2.45, 2.75) is 6.92 Å². The topological polar surface area (TPSA) is 33.1 Å². The van der Waals surface area contributed by atoms with Gasteiger partial charge in [-0.15, -0.1) is 0 Å². The maximum Gasteiger partial charge on any atom is 0.230 e. The largest absolute Gasteiger partial charge is 0.492 e. The molecule has 0 amide bonds. The van der Waals surface area contributed by atoms with E-state index in [-0.39, 0.29) is 5.88 Å². The molecule has 1 N–H and O–H groups in total. The molecule has 0 atom stereocenters. The van der Waals surface area contributed by atoms with Crippen LogP contribution in [0.15, 0.2) is 12.1 Å². The molecule has 0 aromatic carbocycles. The van der Waals surface area contributed by atoms with E-state index in [1.165, 1.54) is 0 Å². The summed E-state index contributed by atoms with van der Waals surface area (Å²) in [5.74, 6) is -0.100. The molecule has 1 aromatic heterocycles. The minimum atomic E-state index is -0.100. The Balaban J connectivity index is 3.17. The first kappa shape index (κ1) is 6.36. The predicted octanol–water partition coefficient (Wildman–Crippen LogP) is 1.75. The number of aryl methyl sites for hydroxylation is 1. The van der Waals surface area contributed by atoms with Crippen LogP contribution in [-0.2, 0) is 0 Å². The maximum atomic E-state index is 8.86. The second-order valence-corrected chi connectivity index (χ2v) is 2.17. The molecule has 0 saturated heterocycles. The highest BCUT2D eigenvalue weighted by Gasteiger charge is 1.96. The first-order valence-electron chi connectivity index (χ1n) is 2.52. The maximum absolute atomic E-state index is 8.86. The van der Waals surface area contributed by atoms with Gasteiger partial charge in [-0.1, -0.05) is 11.6 Å². The van der Waals surface area contributed by atoms with Gasteiger partial charge in [0.05, 0.1) is 0 Å². The van der Waals surface area contributed by atoms with E-state index in [0.717, 1.165) is 5.69 Å². The van der Waals surface area contributed by atoms with Crippen LogP contribution in [0.3, 0.4) is 0 Å². The second-order valence-electron chi connectivity index (χ2n) is 1.76. The lowest BCUT2D eigenvalue weighted by atomic mass is 10.4. The summed E-state index contributed by atoms with van der Waals surface area (Å²) in [4.78, 5) is 3.70. The van der Waals surface area contributed by atoms with Gasteiger partial charge in [-0.3, -0.25) is 0 Å². The van der Waals surface area contributed by atoms with Crippen LogP contribution >= 0.6 is 11.6 Å². The fourth-order valence-electron chi connectivity index (χ4n) is 0.526. The number of nitrogens with zero attached hydrogens (tertiary/aromatic N) is 1. The van der Waals surface area contributed by atoms with Crippen LogP contribution in [0.25, 0.3) is 0 Å². The van der Waals surface area contributed by atoms with E-state index in [1.807, 2.05) is 0 Å². The number of hydrogen-bond acceptors (Lipinski definition) is 2. The molecule has 0 radical (unpaired) electrons. The Labute approximate surface area is 58.1 Å². The minimum absolute atomic E-state index is 0.100. The molecule has 0 unspecified atom stereocenters. The standard InChI is InChI=1S/C6H6ClNO/c1-4-2-3-5(7)6(9)8-4/h2-3H,1H3,(H,8,9). The summed E-state index contributed by atoms with van der Waals surface area (Å²) in [6.07, 6.45) is 0. The average molecular weight is 144 g/mol. The summed E-state index contributed by atoms with van der Waals surface area (Å²) < 4.78 is 0. The lowest BCUT2D eigenvalue weighted by Crippen LogP contribution is -1.79. The van der Waals surface area contributed by atoms with E-state index < -0.39 is 0 Å². The Hall–Kier alpha value is -0.760. The third kappa shape index (κ3) is 1.33. The van der Waals surface area contributed by atoms with E-state index in [1.54, 1.807) is 19.1 Å². The van der Waals surface area contributed by atoms with Crippen molar-refractivity contribution in [1.82, 2.24) is 4.98 Å². The molecule has 0 fully saturated rings. The Kier molecular flexibility index (Phi) is 1.58. The molecule has 0 aliphatic carbocycles. The van der Waals surface area contributed by atoms with Crippen molar-refractivity contribution in [3.8, 4) is 5.88 Å². The molecule has 0 saturated carbocycles. The summed E-state index contributed by atoms with van der Waals surface area (Å²) in [5.41, 5.74) is 0.761. The normalized spacial score (nSPS) is 9.56. The summed E-state index contributed by atoms with van der Waals surface area (Å²) in [6.45, 7) is 1.79. The zero-order valence-electron chi connectivity index (χ0n) is 4.93. The molecule has 1 rings (SSSR count). The van der Waals surface area contributed by atoms with E-state index in [9.17, 15) is 0 Å². The number of rotatable bonds is 0. The first-order chi connectivity index (χ1) is 4.20. The van der Waals surface area contributed by atoms with E-state index >= 15 is 0 Å². The van der Waals surface area contributed by atoms with E-state index in [0.29, 0.717) is 5.02 Å². The Morgan fingerprint density at radius 1 is 1.56 bits per heavy atom. The minimum Gasteiger partial charge on any atom is -0.492 e. The van der Waals surface area contributed by atoms with Gasteiger partial charge in [0.1, 0.15) is 5.02 Å². The van der Waals surface area contributed by atoms with Crippen LogP contribution in [0.4, 0.5) is 0 Å². The molecular formula is C6H6ClNO. The fourth-order valence-corrected chi connectivity index (χ4v) is 0.631. The molecule has 0 aliphatic rings. The van der Waals surface area contributed by atoms with Crippen molar-refractivity contribution < 1.29 is 5.11 Å². The summed E-state index contributed by atoms with van der Waals surface area (Å²) in [6, 6.07) is 3.35. The van der Waals surface area contributed by atoms with Crippen LogP contribution in [-0.4, -0.2) is 10.1 Å². The second kappa shape index (κ2) is 2.23. The van der Waals surface area contributed by atoms with E-state index in [2.05, 4.69) is 4.98 Å². The monoisotopic (exact) mass is 143 g/mol. The van der Waals surface area contributed by atoms with Crippen molar-refractivity contribution in [1.29, 1.82) is 0 Å². The van der Waals surface area contributed by atoms with Crippen molar-refractivity contribution in [2.24, 2.45) is 0 Å². The molecular weight excluding hydrogens is 138 g/mol. The quantitative estimate of drug-likeness (QED) is 0.600. The lowest BCUT2D eigenvalue weighted by Gasteiger charge is -1.94. The van der Waals surface area contributed by atoms with Crippen molar-refractivity contribution in [2.75, 3.05) is 0 Å². The van der Waals surface area contributed by atoms with Gasteiger partial charge in [0, 0.05) is 5.69 Å². The highest BCUT2D eigenvalue weighted by molar-refractivity contribution is 6.31. The summed E-state index contributed by atoms with van der Waals surface area (Å²) >= 11 is 5.47. The van der Waals surface area contributed by atoms with Gasteiger partial charge in [0.2, 0.25) is 5.88 Å². The number of pyridine rings is 1. The van der Waals surface area contributed by atoms with Crippen molar-refractivity contribution in [3.05, 3.63) is 22.8 Å². The predicted molar refractivity (Wildman–Crippen MR) is 35.6 cm³/mol. The van der Waals surface area contributed by atoms with Gasteiger partial charge in [0.25, 0.3) is 0 Å². The van der Waals surface area contributed by atoms with Gasteiger partial charge in [0.15, 0.2) is 0 Å². The summed E-state index contributed by atoms with van der Waals surface area (Å²) in [7, 11) is 0. The number of aromatic hydroxyl groups is 1. The number of aromatic nitrogens is 1. The van der Waals surface area contributed by atoms with Crippen LogP contribution < -0.4 is 0 Å². The SMILES string of the molecule is Cc1ccc(Cl)c(O)n1. The lowest BCUT2D eigenvalue weighted by molar-refractivity contribution is 0.452. The fraction of sp³-hybridized carbons (Fsp3) is 0.167. The third-order valence-electron chi connectivity index (χ3n) is 0.967. The molecule has 0 aliphatic heterocycles. The van der Waals surface area contributed by atoms with Gasteiger partial charge >= 0.3 is 0 Å². The zero-order chi connectivity index (χ0) is 6.85. The van der Waals surface area contributed by atoms with Crippen molar-refractivity contribution >= 4 is 11.6 Å². The van der Waals surface area contributed by atoms with Crippen molar-refractivity contribution in [3.63, 3.8) is 0 Å². The molecule has 0 spiro atoms.